The van der Waals surface area contributed by atoms with Gasteiger partial charge in [-0.3, -0.25) is 0 Å². The van der Waals surface area contributed by atoms with Crippen molar-refractivity contribution in [2.24, 2.45) is 0 Å². The molecule has 1 saturated heterocycles. The average molecular weight is 235 g/mol. The minimum atomic E-state index is 0.162. The van der Waals surface area contributed by atoms with Crippen molar-refractivity contribution in [3.8, 4) is 0 Å². The molecule has 1 fully saturated rings. The van der Waals surface area contributed by atoms with Crippen molar-refractivity contribution in [1.82, 2.24) is 5.32 Å². The van der Waals surface area contributed by atoms with Crippen molar-refractivity contribution >= 4 is 0 Å². The summed E-state index contributed by atoms with van der Waals surface area (Å²) in [6, 6.07) is 11.2. The second-order valence-electron chi connectivity index (χ2n) is 4.54. The van der Waals surface area contributed by atoms with Crippen LogP contribution in [0.4, 0.5) is 0 Å². The third kappa shape index (κ3) is 3.28. The molecule has 3 atom stereocenters. The van der Waals surface area contributed by atoms with Gasteiger partial charge < -0.3 is 14.8 Å². The highest BCUT2D eigenvalue weighted by Gasteiger charge is 2.26. The summed E-state index contributed by atoms with van der Waals surface area (Å²) in [6.07, 6.45) is 1.17. The smallest absolute Gasteiger partial charge is 0.0958 e. The first-order chi connectivity index (χ1) is 8.31. The third-order valence-electron chi connectivity index (χ3n) is 3.37. The number of nitrogens with one attached hydrogen (secondary N) is 1. The highest BCUT2D eigenvalue weighted by molar-refractivity contribution is 5.18. The molecular formula is C14H21NO2. The van der Waals surface area contributed by atoms with Gasteiger partial charge in [0.15, 0.2) is 0 Å². The number of ether oxygens (including phenoxy) is 2. The second kappa shape index (κ2) is 6.15. The summed E-state index contributed by atoms with van der Waals surface area (Å²) in [6.45, 7) is 3.70. The van der Waals surface area contributed by atoms with Gasteiger partial charge in [0.25, 0.3) is 0 Å². The predicted molar refractivity (Wildman–Crippen MR) is 68.0 cm³/mol. The quantitative estimate of drug-likeness (QED) is 0.867. The topological polar surface area (TPSA) is 30.5 Å². The Kier molecular flexibility index (Phi) is 4.54. The van der Waals surface area contributed by atoms with E-state index in [9.17, 15) is 0 Å². The highest BCUT2D eigenvalue weighted by atomic mass is 16.5. The van der Waals surface area contributed by atoms with Crippen molar-refractivity contribution in [3.05, 3.63) is 35.9 Å². The van der Waals surface area contributed by atoms with E-state index in [2.05, 4.69) is 36.5 Å². The Morgan fingerprint density at radius 3 is 2.82 bits per heavy atom. The van der Waals surface area contributed by atoms with Gasteiger partial charge >= 0.3 is 0 Å². The van der Waals surface area contributed by atoms with Crippen LogP contribution in [0.1, 0.15) is 24.9 Å². The van der Waals surface area contributed by atoms with Gasteiger partial charge in [0.1, 0.15) is 0 Å². The summed E-state index contributed by atoms with van der Waals surface area (Å²) in [4.78, 5) is 0. The van der Waals surface area contributed by atoms with Crippen molar-refractivity contribution in [2.75, 3.05) is 20.3 Å². The molecule has 2 rings (SSSR count). The number of hydrogen-bond donors (Lipinski definition) is 1. The van der Waals surface area contributed by atoms with Crippen LogP contribution < -0.4 is 5.32 Å². The Balaban J connectivity index is 1.95. The van der Waals surface area contributed by atoms with E-state index in [1.54, 1.807) is 7.11 Å². The van der Waals surface area contributed by atoms with E-state index < -0.39 is 0 Å². The molecule has 0 aliphatic carbocycles. The van der Waals surface area contributed by atoms with Gasteiger partial charge in [-0.25, -0.2) is 0 Å². The van der Waals surface area contributed by atoms with E-state index in [0.717, 1.165) is 13.0 Å². The van der Waals surface area contributed by atoms with Gasteiger partial charge in [-0.05, 0) is 18.9 Å². The molecule has 0 amide bonds. The van der Waals surface area contributed by atoms with Gasteiger partial charge in [0.05, 0.1) is 12.7 Å². The maximum absolute atomic E-state index is 5.45. The summed E-state index contributed by atoms with van der Waals surface area (Å²) in [5.74, 6) is 0. The molecule has 17 heavy (non-hydrogen) atoms. The van der Waals surface area contributed by atoms with Gasteiger partial charge in [-0.15, -0.1) is 0 Å². The molecular weight excluding hydrogens is 214 g/mol. The summed E-state index contributed by atoms with van der Waals surface area (Å²) < 4.78 is 10.9. The largest absolute Gasteiger partial charge is 0.379 e. The Bertz CT molecular complexity index is 328. The van der Waals surface area contributed by atoms with E-state index in [4.69, 9.17) is 9.47 Å². The maximum atomic E-state index is 5.45. The molecule has 1 N–H and O–H groups in total. The molecule has 1 aromatic carbocycles. The van der Waals surface area contributed by atoms with Crippen molar-refractivity contribution < 1.29 is 9.47 Å². The molecule has 1 heterocycles. The van der Waals surface area contributed by atoms with E-state index in [0.29, 0.717) is 18.7 Å². The predicted octanol–water partition coefficient (Wildman–Crippen LogP) is 2.14. The maximum Gasteiger partial charge on any atom is 0.0958 e. The lowest BCUT2D eigenvalue weighted by atomic mass is 10.0. The zero-order chi connectivity index (χ0) is 12.1. The first kappa shape index (κ1) is 12.6. The molecule has 0 saturated carbocycles. The second-order valence-corrected chi connectivity index (χ2v) is 4.54. The molecule has 1 aliphatic rings. The fourth-order valence-electron chi connectivity index (χ4n) is 2.29. The lowest BCUT2D eigenvalue weighted by molar-refractivity contribution is -0.0518. The summed E-state index contributed by atoms with van der Waals surface area (Å²) in [5.41, 5.74) is 1.31. The minimum Gasteiger partial charge on any atom is -0.379 e. The lowest BCUT2D eigenvalue weighted by Gasteiger charge is -2.33. The molecule has 0 bridgehead atoms. The van der Waals surface area contributed by atoms with Crippen LogP contribution in [0.15, 0.2) is 30.3 Å². The highest BCUT2D eigenvalue weighted by Crippen LogP contribution is 2.17. The Hall–Kier alpha value is -0.900. The Morgan fingerprint density at radius 1 is 1.35 bits per heavy atom. The standard InChI is InChI=1S/C14H21NO2/c1-11(12-6-4-3-5-7-12)15-13-8-9-17-10-14(13)16-2/h3-7,11,13-15H,8-10H2,1-2H3. The zero-order valence-electron chi connectivity index (χ0n) is 10.6. The molecule has 1 aliphatic heterocycles. The van der Waals surface area contributed by atoms with Crippen LogP contribution in [-0.4, -0.2) is 32.5 Å². The molecule has 0 aromatic heterocycles. The molecule has 94 valence electrons. The number of rotatable bonds is 4. The molecule has 3 nitrogen and oxygen atoms in total. The van der Waals surface area contributed by atoms with E-state index in [1.807, 2.05) is 6.07 Å². The summed E-state index contributed by atoms with van der Waals surface area (Å²) in [7, 11) is 1.75. The minimum absolute atomic E-state index is 0.162. The Morgan fingerprint density at radius 2 is 2.12 bits per heavy atom. The summed E-state index contributed by atoms with van der Waals surface area (Å²) >= 11 is 0. The van der Waals surface area contributed by atoms with Gasteiger partial charge in [-0.2, -0.15) is 0 Å². The monoisotopic (exact) mass is 235 g/mol. The first-order valence-electron chi connectivity index (χ1n) is 6.23. The molecule has 3 heteroatoms. The number of benzene rings is 1. The molecule has 3 unspecified atom stereocenters. The van der Waals surface area contributed by atoms with Gasteiger partial charge in [0.2, 0.25) is 0 Å². The summed E-state index contributed by atoms with van der Waals surface area (Å²) in [5, 5.41) is 3.63. The lowest BCUT2D eigenvalue weighted by Crippen LogP contribution is -2.48. The van der Waals surface area contributed by atoms with Crippen LogP contribution in [0.3, 0.4) is 0 Å². The Labute approximate surface area is 103 Å². The molecule has 0 radical (unpaired) electrons. The zero-order valence-corrected chi connectivity index (χ0v) is 10.6. The van der Waals surface area contributed by atoms with Crippen molar-refractivity contribution in [2.45, 2.75) is 31.5 Å². The fraction of sp³-hybridized carbons (Fsp3) is 0.571. The van der Waals surface area contributed by atoms with Crippen molar-refractivity contribution in [3.63, 3.8) is 0 Å². The van der Waals surface area contributed by atoms with Crippen LogP contribution in [0, 0.1) is 0 Å². The van der Waals surface area contributed by atoms with E-state index >= 15 is 0 Å². The van der Waals surface area contributed by atoms with Crippen LogP contribution in [0.2, 0.25) is 0 Å². The number of methoxy groups -OCH3 is 1. The van der Waals surface area contributed by atoms with E-state index in [-0.39, 0.29) is 6.10 Å². The van der Waals surface area contributed by atoms with Gasteiger partial charge in [-0.1, -0.05) is 30.3 Å². The third-order valence-corrected chi connectivity index (χ3v) is 3.37. The SMILES string of the molecule is COC1COCCC1NC(C)c1ccccc1. The average Bonchev–Trinajstić information content (AvgIpc) is 2.40. The van der Waals surface area contributed by atoms with E-state index in [1.165, 1.54) is 5.56 Å². The van der Waals surface area contributed by atoms with Crippen LogP contribution in [0.5, 0.6) is 0 Å². The van der Waals surface area contributed by atoms with Crippen LogP contribution in [-0.2, 0) is 9.47 Å². The fourth-order valence-corrected chi connectivity index (χ4v) is 2.29. The normalized spacial score (nSPS) is 26.7. The van der Waals surface area contributed by atoms with Crippen LogP contribution in [0.25, 0.3) is 0 Å². The molecule has 1 aromatic rings. The van der Waals surface area contributed by atoms with Crippen molar-refractivity contribution in [1.29, 1.82) is 0 Å². The first-order valence-corrected chi connectivity index (χ1v) is 6.23. The molecule has 0 spiro atoms. The van der Waals surface area contributed by atoms with Crippen LogP contribution >= 0.6 is 0 Å². The van der Waals surface area contributed by atoms with Gasteiger partial charge in [0, 0.05) is 25.8 Å². The number of hydrogen-bond acceptors (Lipinski definition) is 3.